The molecule has 0 saturated carbocycles. The summed E-state index contributed by atoms with van der Waals surface area (Å²) in [7, 11) is 0. The first kappa shape index (κ1) is 27.1. The van der Waals surface area contributed by atoms with Crippen molar-refractivity contribution < 1.29 is 26.3 Å². The minimum absolute atomic E-state index is 0.0925. The van der Waals surface area contributed by atoms with Gasteiger partial charge in [-0.2, -0.15) is 31.6 Å². The lowest BCUT2D eigenvalue weighted by Crippen LogP contribution is -2.28. The molecule has 6 nitrogen and oxygen atoms in total. The Kier molecular flexibility index (Phi) is 7.14. The summed E-state index contributed by atoms with van der Waals surface area (Å²) in [6, 6.07) is 12.6. The molecule has 4 aromatic rings. The van der Waals surface area contributed by atoms with Crippen molar-refractivity contribution in [1.29, 1.82) is 5.26 Å². The number of guanidine groups is 1. The molecule has 2 N–H and O–H groups in total. The number of aryl methyl sites for hydroxylation is 2. The van der Waals surface area contributed by atoms with Crippen molar-refractivity contribution >= 4 is 22.7 Å². The Labute approximate surface area is 225 Å². The van der Waals surface area contributed by atoms with Crippen LogP contribution in [0.5, 0.6) is 0 Å². The van der Waals surface area contributed by atoms with Crippen LogP contribution in [0.3, 0.4) is 0 Å². The number of nitriles is 1. The predicted octanol–water partition coefficient (Wildman–Crippen LogP) is 6.84. The number of anilines is 1. The quantitative estimate of drug-likeness (QED) is 0.0928. The van der Waals surface area contributed by atoms with Gasteiger partial charge >= 0.3 is 12.4 Å². The van der Waals surface area contributed by atoms with Gasteiger partial charge in [-0.05, 0) is 72.4 Å². The molecule has 206 valence electrons. The molecule has 40 heavy (non-hydrogen) atoms. The predicted molar refractivity (Wildman–Crippen MR) is 137 cm³/mol. The van der Waals surface area contributed by atoms with Crippen molar-refractivity contribution in [3.8, 4) is 6.19 Å². The summed E-state index contributed by atoms with van der Waals surface area (Å²) in [4.78, 5) is 8.67. The zero-order valence-corrected chi connectivity index (χ0v) is 20.8. The van der Waals surface area contributed by atoms with E-state index in [0.717, 1.165) is 30.9 Å². The van der Waals surface area contributed by atoms with E-state index in [9.17, 15) is 31.6 Å². The number of aromatic nitrogens is 2. The third kappa shape index (κ3) is 5.73. The van der Waals surface area contributed by atoms with E-state index in [4.69, 9.17) is 0 Å². The van der Waals surface area contributed by atoms with Crippen LogP contribution in [0.25, 0.3) is 11.0 Å². The van der Waals surface area contributed by atoms with Gasteiger partial charge in [0, 0.05) is 5.69 Å². The zero-order valence-electron chi connectivity index (χ0n) is 20.8. The maximum absolute atomic E-state index is 14.1. The molecule has 1 aliphatic carbocycles. The second kappa shape index (κ2) is 10.6. The molecular weight excluding hydrogens is 534 g/mol. The minimum Gasteiger partial charge on any atom is -0.328 e. The minimum atomic E-state index is -5.10. The summed E-state index contributed by atoms with van der Waals surface area (Å²) in [6.07, 6.45) is -4.09. The molecule has 0 bridgehead atoms. The number of hydrogen-bond acceptors (Lipinski definition) is 3. The SMILES string of the molecule is N#CNC(=NC(Cn1cnc2ccccc21)c1ccc(C(F)(F)F)cc1C(F)(F)F)Nc1ccc2c(c1)CCC2. The first-order valence-electron chi connectivity index (χ1n) is 12.3. The molecule has 3 aromatic carbocycles. The van der Waals surface area contributed by atoms with Gasteiger partial charge in [0.05, 0.1) is 41.1 Å². The largest absolute Gasteiger partial charge is 0.416 e. The average Bonchev–Trinajstić information content (AvgIpc) is 3.54. The van der Waals surface area contributed by atoms with Gasteiger partial charge in [0.15, 0.2) is 6.19 Å². The van der Waals surface area contributed by atoms with Gasteiger partial charge < -0.3 is 9.88 Å². The molecule has 12 heteroatoms. The Morgan fingerprint density at radius 1 is 0.975 bits per heavy atom. The number of nitrogens with one attached hydrogen (secondary N) is 2. The zero-order chi connectivity index (χ0) is 28.5. The fourth-order valence-electron chi connectivity index (χ4n) is 4.91. The third-order valence-corrected chi connectivity index (χ3v) is 6.76. The monoisotopic (exact) mass is 556 g/mol. The van der Waals surface area contributed by atoms with E-state index in [0.29, 0.717) is 22.8 Å². The molecule has 0 radical (unpaired) electrons. The van der Waals surface area contributed by atoms with Crippen LogP contribution in [-0.2, 0) is 31.7 Å². The highest BCUT2D eigenvalue weighted by atomic mass is 19.4. The van der Waals surface area contributed by atoms with Crippen LogP contribution in [-0.4, -0.2) is 15.5 Å². The lowest BCUT2D eigenvalue weighted by molar-refractivity contribution is -0.143. The molecule has 1 heterocycles. The van der Waals surface area contributed by atoms with Gasteiger partial charge in [-0.15, -0.1) is 0 Å². The van der Waals surface area contributed by atoms with E-state index in [1.807, 2.05) is 12.1 Å². The number of fused-ring (bicyclic) bond motifs is 2. The van der Waals surface area contributed by atoms with E-state index in [1.165, 1.54) is 11.9 Å². The maximum Gasteiger partial charge on any atom is 0.416 e. The Morgan fingerprint density at radius 3 is 2.50 bits per heavy atom. The van der Waals surface area contributed by atoms with Gasteiger partial charge in [-0.3, -0.25) is 5.32 Å². The van der Waals surface area contributed by atoms with E-state index in [2.05, 4.69) is 20.6 Å². The lowest BCUT2D eigenvalue weighted by Gasteiger charge is -2.22. The Balaban J connectivity index is 1.62. The Bertz CT molecular complexity index is 1610. The number of alkyl halides is 6. The molecule has 5 rings (SSSR count). The topological polar surface area (TPSA) is 78.0 Å². The van der Waals surface area contributed by atoms with E-state index in [1.54, 1.807) is 41.1 Å². The van der Waals surface area contributed by atoms with Crippen LogP contribution < -0.4 is 10.6 Å². The molecule has 0 fully saturated rings. The van der Waals surface area contributed by atoms with Crippen molar-refractivity contribution in [1.82, 2.24) is 14.9 Å². The molecule has 1 aliphatic rings. The van der Waals surface area contributed by atoms with Gasteiger partial charge in [0.25, 0.3) is 0 Å². The number of benzene rings is 3. The fourth-order valence-corrected chi connectivity index (χ4v) is 4.91. The lowest BCUT2D eigenvalue weighted by atomic mass is 9.97. The summed E-state index contributed by atoms with van der Waals surface area (Å²) in [5.41, 5.74) is 0.695. The highest BCUT2D eigenvalue weighted by Crippen LogP contribution is 2.40. The maximum atomic E-state index is 14.1. The van der Waals surface area contributed by atoms with Crippen LogP contribution in [0.15, 0.2) is 72.0 Å². The third-order valence-electron chi connectivity index (χ3n) is 6.76. The van der Waals surface area contributed by atoms with Crippen LogP contribution in [0.1, 0.15) is 40.3 Å². The molecule has 0 amide bonds. The normalized spacial score (nSPS) is 14.6. The summed E-state index contributed by atoms with van der Waals surface area (Å²) >= 11 is 0. The number of imidazole rings is 1. The van der Waals surface area contributed by atoms with Crippen LogP contribution >= 0.6 is 0 Å². The molecular formula is C28H22F6N6. The second-order valence-electron chi connectivity index (χ2n) is 9.38. The van der Waals surface area contributed by atoms with Crippen LogP contribution in [0, 0.1) is 11.5 Å². The van der Waals surface area contributed by atoms with E-state index < -0.39 is 35.1 Å². The summed E-state index contributed by atoms with van der Waals surface area (Å²) in [5, 5.41) is 14.7. The first-order valence-corrected chi connectivity index (χ1v) is 12.3. The van der Waals surface area contributed by atoms with Gasteiger partial charge in [-0.25, -0.2) is 9.98 Å². The van der Waals surface area contributed by atoms with Crippen molar-refractivity contribution in [2.75, 3.05) is 5.32 Å². The van der Waals surface area contributed by atoms with Crippen molar-refractivity contribution in [3.63, 3.8) is 0 Å². The first-order chi connectivity index (χ1) is 19.0. The molecule has 0 saturated heterocycles. The van der Waals surface area contributed by atoms with Gasteiger partial charge in [-0.1, -0.05) is 24.3 Å². The highest BCUT2D eigenvalue weighted by molar-refractivity contribution is 5.95. The van der Waals surface area contributed by atoms with E-state index in [-0.39, 0.29) is 18.6 Å². The summed E-state index contributed by atoms with van der Waals surface area (Å²) in [6.45, 7) is -0.197. The highest BCUT2D eigenvalue weighted by Gasteiger charge is 2.39. The van der Waals surface area contributed by atoms with Crippen LogP contribution in [0.2, 0.25) is 0 Å². The molecule has 1 unspecified atom stereocenters. The molecule has 0 spiro atoms. The van der Waals surface area contributed by atoms with Crippen molar-refractivity contribution in [3.05, 3.63) is 94.8 Å². The standard InChI is InChI=1S/C28H22F6N6/c29-27(30,31)19-9-11-21(22(13-19)28(32,33)34)24(14-40-16-37-23-6-1-2-7-25(23)40)39-26(36-15-35)38-20-10-8-17-4-3-5-18(17)12-20/h1-2,6-13,16,24H,3-5,14H2,(H2,36,38,39). The number of hydrogen-bond donors (Lipinski definition) is 2. The van der Waals surface area contributed by atoms with Crippen molar-refractivity contribution in [2.24, 2.45) is 4.99 Å². The average molecular weight is 557 g/mol. The number of nitrogens with zero attached hydrogens (tertiary/aromatic N) is 4. The molecule has 1 atom stereocenters. The van der Waals surface area contributed by atoms with Gasteiger partial charge in [0.1, 0.15) is 0 Å². The van der Waals surface area contributed by atoms with Gasteiger partial charge in [0.2, 0.25) is 5.96 Å². The Morgan fingerprint density at radius 2 is 1.75 bits per heavy atom. The number of para-hydroxylation sites is 2. The fraction of sp³-hybridized carbons (Fsp3) is 0.250. The van der Waals surface area contributed by atoms with E-state index >= 15 is 0 Å². The second-order valence-corrected chi connectivity index (χ2v) is 9.38. The number of rotatable bonds is 5. The van der Waals surface area contributed by atoms with Crippen molar-refractivity contribution in [2.45, 2.75) is 44.2 Å². The number of aliphatic imine (C=N–C) groups is 1. The molecule has 1 aromatic heterocycles. The number of halogens is 6. The molecule has 0 aliphatic heterocycles. The van der Waals surface area contributed by atoms with Crippen LogP contribution in [0.4, 0.5) is 32.0 Å². The Hall–Kier alpha value is -4.53. The smallest absolute Gasteiger partial charge is 0.328 e. The summed E-state index contributed by atoms with van der Waals surface area (Å²) < 4.78 is 84.1. The summed E-state index contributed by atoms with van der Waals surface area (Å²) in [5.74, 6) is -0.150.